The number of hydrogen-bond acceptors (Lipinski definition) is 4. The number of nitrogens with zero attached hydrogens (tertiary/aromatic N) is 1. The third-order valence-electron chi connectivity index (χ3n) is 4.74. The summed E-state index contributed by atoms with van der Waals surface area (Å²) in [6.45, 7) is 3.64. The van der Waals surface area contributed by atoms with Crippen LogP contribution >= 0.6 is 11.6 Å². The van der Waals surface area contributed by atoms with E-state index in [0.29, 0.717) is 11.3 Å². The lowest BCUT2D eigenvalue weighted by Gasteiger charge is -2.24. The average molecular weight is 471 g/mol. The van der Waals surface area contributed by atoms with E-state index in [1.807, 2.05) is 6.07 Å². The average Bonchev–Trinajstić information content (AvgIpc) is 2.82. The van der Waals surface area contributed by atoms with Gasteiger partial charge in [-0.3, -0.25) is 9.10 Å². The van der Waals surface area contributed by atoms with E-state index in [9.17, 15) is 18.3 Å². The Labute approximate surface area is 192 Å². The molecule has 32 heavy (non-hydrogen) atoms. The molecule has 0 aliphatic carbocycles. The second-order valence-corrected chi connectivity index (χ2v) is 9.18. The Balaban J connectivity index is 1.85. The molecule has 8 heteroatoms. The lowest BCUT2D eigenvalue weighted by Crippen LogP contribution is -2.32. The van der Waals surface area contributed by atoms with Gasteiger partial charge in [0.15, 0.2) is 0 Å². The highest BCUT2D eigenvalue weighted by Crippen LogP contribution is 2.29. The Morgan fingerprint density at radius 3 is 2.31 bits per heavy atom. The molecule has 3 aromatic carbocycles. The quantitative estimate of drug-likeness (QED) is 0.459. The molecule has 0 saturated carbocycles. The van der Waals surface area contributed by atoms with Crippen LogP contribution in [0.2, 0.25) is 5.02 Å². The number of anilines is 1. The maximum atomic E-state index is 13.4. The van der Waals surface area contributed by atoms with E-state index >= 15 is 0 Å². The Hall–Kier alpha value is -3.13. The Morgan fingerprint density at radius 2 is 1.69 bits per heavy atom. The van der Waals surface area contributed by atoms with Gasteiger partial charge in [-0.15, -0.1) is 6.58 Å². The van der Waals surface area contributed by atoms with E-state index in [4.69, 9.17) is 11.6 Å². The molecule has 0 spiro atoms. The second kappa shape index (κ2) is 10.5. The van der Waals surface area contributed by atoms with Crippen molar-refractivity contribution in [1.29, 1.82) is 0 Å². The Bertz CT molecular complexity index is 1190. The van der Waals surface area contributed by atoms with Gasteiger partial charge in [0.1, 0.15) is 4.90 Å². The molecule has 1 amide bonds. The van der Waals surface area contributed by atoms with Crippen LogP contribution < -0.4 is 9.62 Å². The number of nitrogens with one attached hydrogen (secondary N) is 1. The van der Waals surface area contributed by atoms with Gasteiger partial charge >= 0.3 is 0 Å². The van der Waals surface area contributed by atoms with Crippen LogP contribution in [0.25, 0.3) is 0 Å². The van der Waals surface area contributed by atoms with E-state index in [2.05, 4.69) is 11.9 Å². The molecule has 3 aromatic rings. The number of sulfonamides is 1. The number of rotatable bonds is 9. The summed E-state index contributed by atoms with van der Waals surface area (Å²) < 4.78 is 28.0. The summed E-state index contributed by atoms with van der Waals surface area (Å²) in [6.07, 6.45) is 0.580. The summed E-state index contributed by atoms with van der Waals surface area (Å²) in [7, 11) is -4.08. The van der Waals surface area contributed by atoms with E-state index in [1.165, 1.54) is 28.6 Å². The number of halogens is 1. The fourth-order valence-electron chi connectivity index (χ4n) is 3.10. The van der Waals surface area contributed by atoms with Gasteiger partial charge in [-0.25, -0.2) is 8.42 Å². The third-order valence-corrected chi connectivity index (χ3v) is 7.02. The van der Waals surface area contributed by atoms with Gasteiger partial charge < -0.3 is 10.4 Å². The molecule has 0 heterocycles. The van der Waals surface area contributed by atoms with Gasteiger partial charge in [-0.1, -0.05) is 66.2 Å². The highest BCUT2D eigenvalue weighted by molar-refractivity contribution is 7.93. The lowest BCUT2D eigenvalue weighted by atomic mass is 10.1. The molecule has 3 rings (SSSR count). The number of amides is 1. The number of carbonyl (C=O) groups is 1. The van der Waals surface area contributed by atoms with E-state index in [0.717, 1.165) is 0 Å². The zero-order valence-corrected chi connectivity index (χ0v) is 18.8. The predicted octanol–water partition coefficient (Wildman–Crippen LogP) is 4.18. The SMILES string of the molecule is C=CCN(c1ccccc1)S(=O)(=O)c1cc(C(=O)NCC(O)c2ccccc2)ccc1Cl. The molecule has 0 aromatic heterocycles. The summed E-state index contributed by atoms with van der Waals surface area (Å²) in [5.74, 6) is -0.525. The molecular weight excluding hydrogens is 448 g/mol. The van der Waals surface area contributed by atoms with E-state index < -0.39 is 22.0 Å². The molecule has 0 radical (unpaired) electrons. The predicted molar refractivity (Wildman–Crippen MR) is 126 cm³/mol. The first-order valence-corrected chi connectivity index (χ1v) is 11.7. The molecule has 166 valence electrons. The highest BCUT2D eigenvalue weighted by atomic mass is 35.5. The second-order valence-electron chi connectivity index (χ2n) is 6.94. The molecule has 0 aliphatic rings. The fourth-order valence-corrected chi connectivity index (χ4v) is 5.04. The minimum atomic E-state index is -4.08. The molecule has 0 aliphatic heterocycles. The van der Waals surface area contributed by atoms with E-state index in [1.54, 1.807) is 54.6 Å². The zero-order chi connectivity index (χ0) is 23.1. The van der Waals surface area contributed by atoms with Gasteiger partial charge in [0.25, 0.3) is 15.9 Å². The number of benzene rings is 3. The number of carbonyl (C=O) groups excluding carboxylic acids is 1. The van der Waals surface area contributed by atoms with Crippen molar-refractivity contribution >= 4 is 33.2 Å². The van der Waals surface area contributed by atoms with Gasteiger partial charge in [-0.2, -0.15) is 0 Å². The minimum Gasteiger partial charge on any atom is -0.387 e. The third kappa shape index (κ3) is 5.37. The number of para-hydroxylation sites is 1. The summed E-state index contributed by atoms with van der Waals surface area (Å²) in [5.41, 5.74) is 1.22. The van der Waals surface area contributed by atoms with Crippen molar-refractivity contribution in [3.8, 4) is 0 Å². The van der Waals surface area contributed by atoms with Crippen molar-refractivity contribution < 1.29 is 18.3 Å². The molecule has 6 nitrogen and oxygen atoms in total. The normalized spacial score (nSPS) is 12.1. The largest absolute Gasteiger partial charge is 0.387 e. The van der Waals surface area contributed by atoms with Gasteiger partial charge in [-0.05, 0) is 35.9 Å². The Kier molecular flexibility index (Phi) is 7.69. The van der Waals surface area contributed by atoms with Crippen LogP contribution in [0.3, 0.4) is 0 Å². The van der Waals surface area contributed by atoms with Crippen molar-refractivity contribution in [2.75, 3.05) is 17.4 Å². The maximum Gasteiger partial charge on any atom is 0.266 e. The van der Waals surface area contributed by atoms with E-state index in [-0.39, 0.29) is 28.6 Å². The van der Waals surface area contributed by atoms with Crippen molar-refractivity contribution in [2.24, 2.45) is 0 Å². The minimum absolute atomic E-state index is 0.00383. The Morgan fingerprint density at radius 1 is 1.06 bits per heavy atom. The lowest BCUT2D eigenvalue weighted by molar-refractivity contribution is 0.0916. The standard InChI is InChI=1S/C24H23ClN2O4S/c1-2-15-27(20-11-7-4-8-12-20)32(30,31)23-16-19(13-14-21(23)25)24(29)26-17-22(28)18-9-5-3-6-10-18/h2-14,16,22,28H,1,15,17H2,(H,26,29). The van der Waals surface area contributed by atoms with Crippen LogP contribution in [0.1, 0.15) is 22.0 Å². The van der Waals surface area contributed by atoms with Crippen molar-refractivity contribution in [1.82, 2.24) is 5.32 Å². The smallest absolute Gasteiger partial charge is 0.266 e. The topological polar surface area (TPSA) is 86.7 Å². The first-order valence-electron chi connectivity index (χ1n) is 9.84. The zero-order valence-electron chi connectivity index (χ0n) is 17.2. The molecule has 1 unspecified atom stereocenters. The first kappa shape index (κ1) is 23.5. The van der Waals surface area contributed by atoms with Gasteiger partial charge in [0.05, 0.1) is 23.4 Å². The molecule has 0 saturated heterocycles. The van der Waals surface area contributed by atoms with Crippen LogP contribution in [0.5, 0.6) is 0 Å². The van der Waals surface area contributed by atoms with Crippen LogP contribution in [0, 0.1) is 0 Å². The van der Waals surface area contributed by atoms with Crippen LogP contribution in [-0.2, 0) is 10.0 Å². The van der Waals surface area contributed by atoms with Crippen molar-refractivity contribution in [2.45, 2.75) is 11.0 Å². The molecule has 2 N–H and O–H groups in total. The first-order chi connectivity index (χ1) is 15.3. The summed E-state index contributed by atoms with van der Waals surface area (Å²) in [6, 6.07) is 21.5. The van der Waals surface area contributed by atoms with Crippen molar-refractivity contribution in [3.05, 3.63) is 108 Å². The summed E-state index contributed by atoms with van der Waals surface area (Å²) in [4.78, 5) is 12.5. The van der Waals surface area contributed by atoms with Crippen LogP contribution in [-0.4, -0.2) is 32.5 Å². The summed E-state index contributed by atoms with van der Waals surface area (Å²) >= 11 is 6.22. The monoisotopic (exact) mass is 470 g/mol. The molecule has 0 fully saturated rings. The number of aliphatic hydroxyl groups is 1. The number of aliphatic hydroxyl groups excluding tert-OH is 1. The highest BCUT2D eigenvalue weighted by Gasteiger charge is 2.27. The maximum absolute atomic E-state index is 13.4. The van der Waals surface area contributed by atoms with Crippen LogP contribution in [0.4, 0.5) is 5.69 Å². The molecule has 1 atom stereocenters. The van der Waals surface area contributed by atoms with Crippen molar-refractivity contribution in [3.63, 3.8) is 0 Å². The molecular formula is C24H23ClN2O4S. The number of hydrogen-bond donors (Lipinski definition) is 2. The van der Waals surface area contributed by atoms with Gasteiger partial charge in [0.2, 0.25) is 0 Å². The van der Waals surface area contributed by atoms with Crippen LogP contribution in [0.15, 0.2) is 96.4 Å². The van der Waals surface area contributed by atoms with Gasteiger partial charge in [0, 0.05) is 12.1 Å². The molecule has 0 bridgehead atoms. The fraction of sp³-hybridized carbons (Fsp3) is 0.125. The summed E-state index contributed by atoms with van der Waals surface area (Å²) in [5, 5.41) is 12.9.